The van der Waals surface area contributed by atoms with Gasteiger partial charge in [0, 0.05) is 43.9 Å². The van der Waals surface area contributed by atoms with Gasteiger partial charge in [-0.3, -0.25) is 0 Å². The van der Waals surface area contributed by atoms with E-state index in [0.29, 0.717) is 19.0 Å². The smallest absolute Gasteiger partial charge is 0.167 e. The summed E-state index contributed by atoms with van der Waals surface area (Å²) < 4.78 is 17.1. The third kappa shape index (κ3) is 4.96. The van der Waals surface area contributed by atoms with Crippen LogP contribution < -0.4 is 5.32 Å². The minimum atomic E-state index is -0.411. The van der Waals surface area contributed by atoms with Gasteiger partial charge in [0.15, 0.2) is 5.76 Å². The number of nitrogens with zero attached hydrogens (tertiary/aromatic N) is 1. The van der Waals surface area contributed by atoms with Crippen LogP contribution in [0.5, 0.6) is 0 Å². The summed E-state index contributed by atoms with van der Waals surface area (Å²) in [6.45, 7) is 2.30. The lowest BCUT2D eigenvalue weighted by Gasteiger charge is -2.35. The molecule has 2 aliphatic heterocycles. The van der Waals surface area contributed by atoms with Gasteiger partial charge in [0.25, 0.3) is 0 Å². The molecule has 3 heterocycles. The molecule has 0 spiro atoms. The van der Waals surface area contributed by atoms with E-state index in [0.717, 1.165) is 55.9 Å². The highest BCUT2D eigenvalue weighted by Gasteiger charge is 2.31. The monoisotopic (exact) mass is 372 g/mol. The summed E-state index contributed by atoms with van der Waals surface area (Å²) in [7, 11) is 0. The molecule has 0 radical (unpaired) electrons. The Morgan fingerprint density at radius 3 is 2.70 bits per heavy atom. The molecule has 2 aromatic rings. The van der Waals surface area contributed by atoms with E-state index in [9.17, 15) is 5.11 Å². The van der Waals surface area contributed by atoms with E-state index in [2.05, 4.69) is 10.5 Å². The van der Waals surface area contributed by atoms with Crippen molar-refractivity contribution in [2.24, 2.45) is 0 Å². The predicted molar refractivity (Wildman–Crippen MR) is 101 cm³/mol. The maximum absolute atomic E-state index is 10.3. The Balaban J connectivity index is 1.31. The molecule has 2 fully saturated rings. The number of aliphatic hydroxyl groups excluding tert-OH is 1. The lowest BCUT2D eigenvalue weighted by Crippen LogP contribution is -2.48. The van der Waals surface area contributed by atoms with Crippen LogP contribution in [-0.4, -0.2) is 54.4 Å². The summed E-state index contributed by atoms with van der Waals surface area (Å²) in [6.07, 6.45) is 3.82. The Bertz CT molecular complexity index is 699. The zero-order chi connectivity index (χ0) is 18.5. The molecule has 2 N–H and O–H groups in total. The molecule has 0 bridgehead atoms. The molecule has 0 aliphatic carbocycles. The van der Waals surface area contributed by atoms with Crippen LogP contribution in [0, 0.1) is 0 Å². The van der Waals surface area contributed by atoms with Crippen molar-refractivity contribution in [3.8, 4) is 11.3 Å². The summed E-state index contributed by atoms with van der Waals surface area (Å²) in [4.78, 5) is 0. The summed E-state index contributed by atoms with van der Waals surface area (Å²) in [6, 6.07) is 12.4. The van der Waals surface area contributed by atoms with Crippen LogP contribution in [0.4, 0.5) is 0 Å². The molecule has 3 atom stereocenters. The third-order valence-electron chi connectivity index (χ3n) is 5.46. The molecule has 6 heteroatoms. The normalized spacial score (nSPS) is 26.9. The average Bonchev–Trinajstić information content (AvgIpc) is 3.18. The number of aromatic nitrogens is 1. The summed E-state index contributed by atoms with van der Waals surface area (Å²) in [5.74, 6) is 0.777. The van der Waals surface area contributed by atoms with E-state index in [1.165, 1.54) is 0 Å². The maximum atomic E-state index is 10.3. The van der Waals surface area contributed by atoms with Gasteiger partial charge in [-0.1, -0.05) is 35.5 Å². The van der Waals surface area contributed by atoms with Crippen molar-refractivity contribution < 1.29 is 19.1 Å². The van der Waals surface area contributed by atoms with E-state index in [1.54, 1.807) is 0 Å². The second-order valence-electron chi connectivity index (χ2n) is 7.49. The van der Waals surface area contributed by atoms with Crippen LogP contribution in [0.2, 0.25) is 0 Å². The van der Waals surface area contributed by atoms with Crippen molar-refractivity contribution >= 4 is 0 Å². The topological polar surface area (TPSA) is 76.8 Å². The Morgan fingerprint density at radius 2 is 1.89 bits per heavy atom. The van der Waals surface area contributed by atoms with Gasteiger partial charge in [-0.2, -0.15) is 0 Å². The van der Waals surface area contributed by atoms with Gasteiger partial charge < -0.3 is 24.4 Å². The first-order chi connectivity index (χ1) is 13.3. The lowest BCUT2D eigenvalue weighted by atomic mass is 9.97. The molecule has 146 valence electrons. The van der Waals surface area contributed by atoms with E-state index in [1.807, 2.05) is 36.4 Å². The van der Waals surface area contributed by atoms with Gasteiger partial charge in [0.1, 0.15) is 0 Å². The molecule has 0 amide bonds. The molecule has 0 unspecified atom stereocenters. The van der Waals surface area contributed by atoms with Crippen molar-refractivity contribution in [2.75, 3.05) is 19.8 Å². The molecule has 1 aromatic heterocycles. The van der Waals surface area contributed by atoms with Gasteiger partial charge in [0.2, 0.25) is 0 Å². The Morgan fingerprint density at radius 1 is 1.07 bits per heavy atom. The average molecular weight is 372 g/mol. The number of benzene rings is 1. The Kier molecular flexibility index (Phi) is 6.19. The number of ether oxygens (including phenoxy) is 2. The van der Waals surface area contributed by atoms with E-state index >= 15 is 0 Å². The first kappa shape index (κ1) is 18.6. The fourth-order valence-corrected chi connectivity index (χ4v) is 3.85. The zero-order valence-electron chi connectivity index (χ0n) is 15.5. The van der Waals surface area contributed by atoms with Gasteiger partial charge in [-0.15, -0.1) is 0 Å². The van der Waals surface area contributed by atoms with E-state index in [4.69, 9.17) is 14.0 Å². The fraction of sp³-hybridized carbons (Fsp3) is 0.571. The largest absolute Gasteiger partial charge is 0.390 e. The number of rotatable bonds is 6. The van der Waals surface area contributed by atoms with Crippen molar-refractivity contribution in [1.82, 2.24) is 10.5 Å². The predicted octanol–water partition coefficient (Wildman–Crippen LogP) is 2.56. The van der Waals surface area contributed by atoms with Gasteiger partial charge >= 0.3 is 0 Å². The lowest BCUT2D eigenvalue weighted by molar-refractivity contribution is -0.116. The van der Waals surface area contributed by atoms with Crippen molar-refractivity contribution in [3.05, 3.63) is 42.1 Å². The van der Waals surface area contributed by atoms with E-state index in [-0.39, 0.29) is 12.2 Å². The highest BCUT2D eigenvalue weighted by molar-refractivity contribution is 5.56. The minimum absolute atomic E-state index is 0.0589. The first-order valence-electron chi connectivity index (χ1n) is 9.93. The highest BCUT2D eigenvalue weighted by Crippen LogP contribution is 2.25. The fourth-order valence-electron chi connectivity index (χ4n) is 3.85. The molecular formula is C21H28N2O4. The highest BCUT2D eigenvalue weighted by atomic mass is 16.5. The van der Waals surface area contributed by atoms with Crippen molar-refractivity contribution in [3.63, 3.8) is 0 Å². The quantitative estimate of drug-likeness (QED) is 0.812. The number of hydrogen-bond acceptors (Lipinski definition) is 6. The van der Waals surface area contributed by atoms with Crippen molar-refractivity contribution in [2.45, 2.75) is 56.5 Å². The molecule has 27 heavy (non-hydrogen) atoms. The van der Waals surface area contributed by atoms with Gasteiger partial charge in [0.05, 0.1) is 24.0 Å². The second-order valence-corrected chi connectivity index (χ2v) is 7.49. The third-order valence-corrected chi connectivity index (χ3v) is 5.46. The molecule has 2 saturated heterocycles. The summed E-state index contributed by atoms with van der Waals surface area (Å²) >= 11 is 0. The summed E-state index contributed by atoms with van der Waals surface area (Å²) in [5, 5.41) is 18.0. The molecule has 4 rings (SSSR count). The van der Waals surface area contributed by atoms with Gasteiger partial charge in [-0.05, 0) is 25.7 Å². The number of nitrogens with one attached hydrogen (secondary N) is 1. The second kappa shape index (κ2) is 8.97. The Hall–Kier alpha value is -1.73. The van der Waals surface area contributed by atoms with Crippen LogP contribution in [0.1, 0.15) is 31.4 Å². The maximum Gasteiger partial charge on any atom is 0.167 e. The molecule has 0 saturated carbocycles. The molecule has 6 nitrogen and oxygen atoms in total. The van der Waals surface area contributed by atoms with Gasteiger partial charge in [-0.25, -0.2) is 0 Å². The molecule has 1 aromatic carbocycles. The minimum Gasteiger partial charge on any atom is -0.390 e. The van der Waals surface area contributed by atoms with Crippen LogP contribution in [-0.2, 0) is 15.9 Å². The molecule has 2 aliphatic rings. The van der Waals surface area contributed by atoms with E-state index < -0.39 is 6.10 Å². The molecular weight excluding hydrogens is 344 g/mol. The van der Waals surface area contributed by atoms with Crippen LogP contribution in [0.3, 0.4) is 0 Å². The van der Waals surface area contributed by atoms with Crippen LogP contribution >= 0.6 is 0 Å². The standard InChI is InChI=1S/C21H28N2O4/c24-19-7-6-18(26-21(19)14-22-16-8-10-25-11-9-16)12-17-13-20(27-23-17)15-4-2-1-3-5-15/h1-5,13,16,18-19,21-22,24H,6-12,14H2/t18-,19-,21+/m0/s1. The Labute approximate surface area is 159 Å². The SMILES string of the molecule is O[C@H]1CC[C@@H](Cc2cc(-c3ccccc3)on2)O[C@@H]1CNC1CCOCC1. The number of hydrogen-bond donors (Lipinski definition) is 2. The summed E-state index contributed by atoms with van der Waals surface area (Å²) in [5.41, 5.74) is 1.92. The first-order valence-corrected chi connectivity index (χ1v) is 9.93. The number of aliphatic hydroxyl groups is 1. The van der Waals surface area contributed by atoms with Crippen LogP contribution in [0.15, 0.2) is 40.9 Å². The van der Waals surface area contributed by atoms with Crippen LogP contribution in [0.25, 0.3) is 11.3 Å². The van der Waals surface area contributed by atoms with Crippen molar-refractivity contribution in [1.29, 1.82) is 0 Å². The zero-order valence-corrected chi connectivity index (χ0v) is 15.5.